The van der Waals surface area contributed by atoms with Gasteiger partial charge in [0, 0.05) is 19.1 Å². The predicted molar refractivity (Wildman–Crippen MR) is 83.9 cm³/mol. The molecule has 0 saturated heterocycles. The summed E-state index contributed by atoms with van der Waals surface area (Å²) in [6.45, 7) is 0.644. The highest BCUT2D eigenvalue weighted by Crippen LogP contribution is 2.26. The van der Waals surface area contributed by atoms with E-state index in [2.05, 4.69) is 5.32 Å². The zero-order valence-corrected chi connectivity index (χ0v) is 12.6. The Balaban J connectivity index is 1.94. The van der Waals surface area contributed by atoms with Gasteiger partial charge in [-0.1, -0.05) is 49.6 Å². The van der Waals surface area contributed by atoms with Crippen LogP contribution in [0.2, 0.25) is 0 Å². The first-order chi connectivity index (χ1) is 10.2. The molecule has 1 aromatic rings. The fourth-order valence-electron chi connectivity index (χ4n) is 3.07. The van der Waals surface area contributed by atoms with E-state index in [1.165, 1.54) is 6.42 Å². The Hall–Kier alpha value is -1.39. The summed E-state index contributed by atoms with van der Waals surface area (Å²) in [7, 11) is 0. The third kappa shape index (κ3) is 4.29. The maximum absolute atomic E-state index is 12.4. The van der Waals surface area contributed by atoms with E-state index >= 15 is 0 Å². The van der Waals surface area contributed by atoms with Crippen molar-refractivity contribution < 1.29 is 9.90 Å². The van der Waals surface area contributed by atoms with Crippen molar-refractivity contribution in [1.82, 2.24) is 5.32 Å². The normalized spacial score (nSPS) is 19.0. The minimum atomic E-state index is -0.696. The quantitative estimate of drug-likeness (QED) is 0.749. The minimum Gasteiger partial charge on any atom is -0.396 e. The Morgan fingerprint density at radius 3 is 2.52 bits per heavy atom. The van der Waals surface area contributed by atoms with Gasteiger partial charge >= 0.3 is 0 Å². The number of amides is 1. The van der Waals surface area contributed by atoms with E-state index in [1.807, 2.05) is 30.3 Å². The fourth-order valence-corrected chi connectivity index (χ4v) is 3.07. The molecule has 0 heterocycles. The van der Waals surface area contributed by atoms with Crippen LogP contribution in [0.1, 0.15) is 50.0 Å². The number of aliphatic hydroxyl groups is 1. The molecule has 1 aliphatic rings. The standard InChI is InChI=1S/C17H26N2O2/c18-17(10-5-2-6-11-17)16(21)19-13-15(9-12-20)14-7-3-1-4-8-14/h1,3-4,7-8,15,20H,2,5-6,9-13,18H2,(H,19,21). The van der Waals surface area contributed by atoms with E-state index in [0.29, 0.717) is 13.0 Å². The lowest BCUT2D eigenvalue weighted by Crippen LogP contribution is -2.55. The number of nitrogens with one attached hydrogen (secondary N) is 1. The van der Waals surface area contributed by atoms with Gasteiger partial charge in [0.15, 0.2) is 0 Å². The summed E-state index contributed by atoms with van der Waals surface area (Å²) >= 11 is 0. The van der Waals surface area contributed by atoms with Gasteiger partial charge < -0.3 is 16.2 Å². The third-order valence-electron chi connectivity index (χ3n) is 4.46. The first kappa shape index (κ1) is 16.0. The summed E-state index contributed by atoms with van der Waals surface area (Å²) < 4.78 is 0. The predicted octanol–water partition coefficient (Wildman–Crippen LogP) is 1.93. The minimum absolute atomic E-state index is 0.0407. The molecule has 1 unspecified atom stereocenters. The van der Waals surface area contributed by atoms with Gasteiger partial charge in [0.25, 0.3) is 0 Å². The van der Waals surface area contributed by atoms with Gasteiger partial charge in [-0.2, -0.15) is 0 Å². The molecule has 21 heavy (non-hydrogen) atoms. The molecule has 1 saturated carbocycles. The lowest BCUT2D eigenvalue weighted by Gasteiger charge is -2.32. The lowest BCUT2D eigenvalue weighted by molar-refractivity contribution is -0.127. The summed E-state index contributed by atoms with van der Waals surface area (Å²) in [5, 5.41) is 12.2. The van der Waals surface area contributed by atoms with Crippen LogP contribution >= 0.6 is 0 Å². The van der Waals surface area contributed by atoms with Crippen molar-refractivity contribution in [3.8, 4) is 0 Å². The topological polar surface area (TPSA) is 75.4 Å². The Labute approximate surface area is 126 Å². The zero-order chi connectivity index (χ0) is 15.1. The highest BCUT2D eigenvalue weighted by atomic mass is 16.3. The average Bonchev–Trinajstić information content (AvgIpc) is 2.52. The van der Waals surface area contributed by atoms with Crippen LogP contribution in [0.3, 0.4) is 0 Å². The van der Waals surface area contributed by atoms with Crippen LogP contribution in [0.4, 0.5) is 0 Å². The van der Waals surface area contributed by atoms with Gasteiger partial charge in [-0.3, -0.25) is 4.79 Å². The second-order valence-electron chi connectivity index (χ2n) is 6.05. The van der Waals surface area contributed by atoms with Gasteiger partial charge in [0.2, 0.25) is 5.91 Å². The van der Waals surface area contributed by atoms with E-state index in [0.717, 1.165) is 31.2 Å². The van der Waals surface area contributed by atoms with Crippen molar-refractivity contribution >= 4 is 5.91 Å². The Kier molecular flexibility index (Phi) is 5.76. The van der Waals surface area contributed by atoms with E-state index in [1.54, 1.807) is 0 Å². The summed E-state index contributed by atoms with van der Waals surface area (Å²) in [6, 6.07) is 9.99. The van der Waals surface area contributed by atoms with Crippen LogP contribution in [-0.2, 0) is 4.79 Å². The Morgan fingerprint density at radius 2 is 1.90 bits per heavy atom. The van der Waals surface area contributed by atoms with Crippen LogP contribution in [0.25, 0.3) is 0 Å². The third-order valence-corrected chi connectivity index (χ3v) is 4.46. The van der Waals surface area contributed by atoms with Crippen molar-refractivity contribution in [2.45, 2.75) is 50.0 Å². The number of hydrogen-bond acceptors (Lipinski definition) is 3. The SMILES string of the molecule is NC1(C(=O)NCC(CCO)c2ccccc2)CCCCC1. The van der Waals surface area contributed by atoms with Gasteiger partial charge in [-0.05, 0) is 24.8 Å². The Morgan fingerprint density at radius 1 is 1.24 bits per heavy atom. The number of rotatable bonds is 6. The molecule has 4 N–H and O–H groups in total. The molecule has 1 amide bonds. The number of aliphatic hydroxyl groups excluding tert-OH is 1. The zero-order valence-electron chi connectivity index (χ0n) is 12.6. The molecule has 0 aromatic heterocycles. The van der Waals surface area contributed by atoms with Crippen LogP contribution in [0, 0.1) is 0 Å². The van der Waals surface area contributed by atoms with Crippen LogP contribution in [-0.4, -0.2) is 29.7 Å². The van der Waals surface area contributed by atoms with Crippen molar-refractivity contribution in [1.29, 1.82) is 0 Å². The molecule has 1 aromatic carbocycles. The maximum Gasteiger partial charge on any atom is 0.240 e. The molecule has 116 valence electrons. The lowest BCUT2D eigenvalue weighted by atomic mass is 9.81. The molecule has 0 bridgehead atoms. The van der Waals surface area contributed by atoms with Crippen molar-refractivity contribution in [3.63, 3.8) is 0 Å². The summed E-state index contributed by atoms with van der Waals surface area (Å²) in [4.78, 5) is 12.4. The second kappa shape index (κ2) is 7.57. The number of benzene rings is 1. The van der Waals surface area contributed by atoms with Gasteiger partial charge in [-0.25, -0.2) is 0 Å². The maximum atomic E-state index is 12.4. The molecule has 1 aliphatic carbocycles. The molecular formula is C17H26N2O2. The van der Waals surface area contributed by atoms with Gasteiger partial charge in [-0.15, -0.1) is 0 Å². The molecule has 1 fully saturated rings. The number of carbonyl (C=O) groups is 1. The van der Waals surface area contributed by atoms with Crippen molar-refractivity contribution in [3.05, 3.63) is 35.9 Å². The fraction of sp³-hybridized carbons (Fsp3) is 0.588. The molecule has 0 spiro atoms. The highest BCUT2D eigenvalue weighted by molar-refractivity contribution is 5.86. The number of hydrogen-bond donors (Lipinski definition) is 3. The van der Waals surface area contributed by atoms with E-state index < -0.39 is 5.54 Å². The molecule has 2 rings (SSSR count). The summed E-state index contributed by atoms with van der Waals surface area (Å²) in [5.41, 5.74) is 6.68. The molecule has 4 nitrogen and oxygen atoms in total. The molecule has 4 heteroatoms. The number of carbonyl (C=O) groups excluding carboxylic acids is 1. The molecule has 1 atom stereocenters. The first-order valence-corrected chi connectivity index (χ1v) is 7.89. The van der Waals surface area contributed by atoms with Crippen LogP contribution in [0.5, 0.6) is 0 Å². The largest absolute Gasteiger partial charge is 0.396 e. The van der Waals surface area contributed by atoms with E-state index in [4.69, 9.17) is 5.73 Å². The van der Waals surface area contributed by atoms with Crippen molar-refractivity contribution in [2.24, 2.45) is 5.73 Å². The summed E-state index contributed by atoms with van der Waals surface area (Å²) in [6.07, 6.45) is 5.42. The second-order valence-corrected chi connectivity index (χ2v) is 6.05. The van der Waals surface area contributed by atoms with E-state index in [-0.39, 0.29) is 18.4 Å². The smallest absolute Gasteiger partial charge is 0.240 e. The first-order valence-electron chi connectivity index (χ1n) is 7.89. The molecule has 0 radical (unpaired) electrons. The van der Waals surface area contributed by atoms with Crippen LogP contribution < -0.4 is 11.1 Å². The number of nitrogens with two attached hydrogens (primary N) is 1. The van der Waals surface area contributed by atoms with Crippen LogP contribution in [0.15, 0.2) is 30.3 Å². The van der Waals surface area contributed by atoms with Gasteiger partial charge in [0.1, 0.15) is 0 Å². The van der Waals surface area contributed by atoms with Crippen molar-refractivity contribution in [2.75, 3.05) is 13.2 Å². The Bertz CT molecular complexity index is 441. The molecular weight excluding hydrogens is 264 g/mol. The average molecular weight is 290 g/mol. The summed E-state index contributed by atoms with van der Waals surface area (Å²) in [5.74, 6) is 0.0911. The monoisotopic (exact) mass is 290 g/mol. The molecule has 0 aliphatic heterocycles. The van der Waals surface area contributed by atoms with Gasteiger partial charge in [0.05, 0.1) is 5.54 Å². The van der Waals surface area contributed by atoms with E-state index in [9.17, 15) is 9.90 Å². The highest BCUT2D eigenvalue weighted by Gasteiger charge is 2.35.